The van der Waals surface area contributed by atoms with E-state index in [1.54, 1.807) is 5.57 Å². The van der Waals surface area contributed by atoms with E-state index < -0.39 is 17.5 Å². The molecule has 4 N–H and O–H groups in total. The molecule has 0 aliphatic heterocycles. The average Bonchev–Trinajstić information content (AvgIpc) is 3.12. The number of allylic oxidation sites excluding steroid dienone is 5. The Labute approximate surface area is 340 Å². The summed E-state index contributed by atoms with van der Waals surface area (Å²) in [5.41, 5.74) is 5.67. The Morgan fingerprint density at radius 3 is 2.20 bits per heavy atom. The number of aliphatic hydroxyl groups is 1. The minimum Gasteiger partial charge on any atom is -0.507 e. The first-order valence-corrected chi connectivity index (χ1v) is 22.7. The first kappa shape index (κ1) is 43.1. The molecule has 0 bridgehead atoms. The topological polar surface area (TPSA) is 98.0 Å². The van der Waals surface area contributed by atoms with E-state index >= 15 is 0 Å². The number of fused-ring (bicyclic) bond motifs is 7. The minimum atomic E-state index is -1.03. The van der Waals surface area contributed by atoms with Crippen molar-refractivity contribution in [1.29, 1.82) is 0 Å². The van der Waals surface area contributed by atoms with E-state index in [0.717, 1.165) is 74.3 Å². The standard InChI is InChI=1S/C30H48O3.C21H30O2/c1-18-10-13-26(3)16-17-28(5)20(24(26)19(18)2)8-9-21-27(4)14-12-23(31)30(7,25(32)33)22(27)11-15-29(21,28)6;1-5-6-7-8-16-12-19(22)21(20(23)13-16)18-11-15(4)9-10-17(18)14(2)3/h8,18-19,21-24,31H,9-17H2,1-7H3,(H,32,33);11-13,17-18,22-23H,2,5-10H2,1,3-4H3/t18-,19+,21-,22-,23-,24+,26-,27-,28-,29-,30-;17-,18+/m10/s1. The summed E-state index contributed by atoms with van der Waals surface area (Å²) in [6, 6.07) is 3.66. The Kier molecular flexibility index (Phi) is 12.0. The van der Waals surface area contributed by atoms with E-state index in [9.17, 15) is 25.2 Å². The Morgan fingerprint density at radius 1 is 0.893 bits per heavy atom. The zero-order chi connectivity index (χ0) is 41.2. The fraction of sp³-hybridized carbons (Fsp3) is 0.745. The van der Waals surface area contributed by atoms with Crippen molar-refractivity contribution in [3.8, 4) is 11.5 Å². The molecule has 7 rings (SSSR count). The van der Waals surface area contributed by atoms with Crippen molar-refractivity contribution >= 4 is 5.97 Å². The molecule has 56 heavy (non-hydrogen) atoms. The quantitative estimate of drug-likeness (QED) is 0.163. The normalized spacial score (nSPS) is 43.0. The maximum atomic E-state index is 12.5. The van der Waals surface area contributed by atoms with Crippen LogP contribution >= 0.6 is 0 Å². The van der Waals surface area contributed by atoms with Crippen LogP contribution in [-0.4, -0.2) is 32.5 Å². The van der Waals surface area contributed by atoms with Gasteiger partial charge in [0.05, 0.1) is 11.5 Å². The molecule has 0 saturated heterocycles. The Balaban J connectivity index is 0.000000204. The highest BCUT2D eigenvalue weighted by Crippen LogP contribution is 2.75. The Morgan fingerprint density at radius 2 is 1.57 bits per heavy atom. The summed E-state index contributed by atoms with van der Waals surface area (Å²) in [6.45, 7) is 27.4. The molecule has 0 amide bonds. The largest absolute Gasteiger partial charge is 0.507 e. The summed E-state index contributed by atoms with van der Waals surface area (Å²) in [6.07, 6.45) is 20.6. The fourth-order valence-corrected chi connectivity index (χ4v) is 14.5. The number of aliphatic carboxylic acids is 1. The number of phenolic OH excluding ortho intramolecular Hbond substituents is 2. The SMILES string of the molecule is C=C(C)[C@@H]1CCC(C)=C[C@H]1c1c(O)cc(CCCCC)cc1O.C[C@H]1[C@H](C)CC[C@]2(C)CC[C@]3(C)C(=CC[C@@H]4[C@@]5(C)CC[C@@H](O)[C@](C)(C(=O)O)[C@@H]5CC[C@]43C)[C@H]12. The van der Waals surface area contributed by atoms with Crippen LogP contribution in [0.15, 0.2) is 47.6 Å². The van der Waals surface area contributed by atoms with Crippen LogP contribution in [0.5, 0.6) is 11.5 Å². The van der Waals surface area contributed by atoms with Gasteiger partial charge in [0.2, 0.25) is 0 Å². The van der Waals surface area contributed by atoms with Crippen molar-refractivity contribution in [2.24, 2.45) is 62.6 Å². The number of benzene rings is 1. The van der Waals surface area contributed by atoms with Gasteiger partial charge in [-0.1, -0.05) is 96.8 Å². The number of carbonyl (C=O) groups is 1. The highest BCUT2D eigenvalue weighted by atomic mass is 16.4. The molecule has 0 spiro atoms. The Bertz CT molecular complexity index is 1700. The summed E-state index contributed by atoms with van der Waals surface area (Å²) < 4.78 is 0. The van der Waals surface area contributed by atoms with Gasteiger partial charge in [-0.05, 0) is 179 Å². The second-order valence-corrected chi connectivity index (χ2v) is 21.5. The molecule has 4 saturated carbocycles. The van der Waals surface area contributed by atoms with Crippen LogP contribution in [-0.2, 0) is 11.2 Å². The molecular weight excluding hydrogens is 693 g/mol. The zero-order valence-corrected chi connectivity index (χ0v) is 36.9. The average molecular weight is 771 g/mol. The molecular formula is C51H78O5. The summed E-state index contributed by atoms with van der Waals surface area (Å²) >= 11 is 0. The van der Waals surface area contributed by atoms with E-state index in [4.69, 9.17) is 0 Å². The van der Waals surface area contributed by atoms with Gasteiger partial charge in [0.1, 0.15) is 11.5 Å². The van der Waals surface area contributed by atoms with Crippen LogP contribution < -0.4 is 0 Å². The molecule has 0 radical (unpaired) electrons. The summed E-state index contributed by atoms with van der Waals surface area (Å²) in [5, 5.41) is 42.2. The highest BCUT2D eigenvalue weighted by molar-refractivity contribution is 5.76. The van der Waals surface area contributed by atoms with Crippen LogP contribution in [0.2, 0.25) is 0 Å². The number of hydrogen-bond donors (Lipinski definition) is 4. The third-order valence-electron chi connectivity index (χ3n) is 18.5. The van der Waals surface area contributed by atoms with Gasteiger partial charge >= 0.3 is 5.97 Å². The van der Waals surface area contributed by atoms with Gasteiger partial charge in [-0.2, -0.15) is 0 Å². The van der Waals surface area contributed by atoms with Crippen molar-refractivity contribution in [1.82, 2.24) is 0 Å². The predicted octanol–water partition coefficient (Wildman–Crippen LogP) is 12.9. The van der Waals surface area contributed by atoms with Crippen molar-refractivity contribution in [2.75, 3.05) is 0 Å². The lowest BCUT2D eigenvalue weighted by atomic mass is 9.33. The molecule has 1 aromatic carbocycles. The lowest BCUT2D eigenvalue weighted by molar-refractivity contribution is -0.217. The lowest BCUT2D eigenvalue weighted by Crippen LogP contribution is -2.66. The molecule has 6 aliphatic carbocycles. The number of aromatic hydroxyl groups is 2. The molecule has 4 fully saturated rings. The van der Waals surface area contributed by atoms with Gasteiger partial charge in [0.15, 0.2) is 0 Å². The van der Waals surface area contributed by atoms with Gasteiger partial charge < -0.3 is 20.4 Å². The van der Waals surface area contributed by atoms with Crippen LogP contribution in [0.25, 0.3) is 0 Å². The van der Waals surface area contributed by atoms with Crippen LogP contribution in [0.4, 0.5) is 0 Å². The van der Waals surface area contributed by atoms with Crippen LogP contribution in [0.3, 0.4) is 0 Å². The van der Waals surface area contributed by atoms with Gasteiger partial charge in [-0.3, -0.25) is 4.79 Å². The zero-order valence-electron chi connectivity index (χ0n) is 36.9. The molecule has 0 aromatic heterocycles. The number of aliphatic hydroxyl groups excluding tert-OH is 1. The number of phenols is 2. The number of hydrogen-bond acceptors (Lipinski definition) is 4. The third kappa shape index (κ3) is 6.84. The van der Waals surface area contributed by atoms with E-state index in [1.165, 1.54) is 44.1 Å². The monoisotopic (exact) mass is 771 g/mol. The van der Waals surface area contributed by atoms with Crippen LogP contribution in [0, 0.1) is 62.6 Å². The highest BCUT2D eigenvalue weighted by Gasteiger charge is 2.69. The predicted molar refractivity (Wildman–Crippen MR) is 230 cm³/mol. The van der Waals surface area contributed by atoms with Crippen molar-refractivity contribution < 1.29 is 25.2 Å². The second-order valence-electron chi connectivity index (χ2n) is 21.5. The third-order valence-corrected chi connectivity index (χ3v) is 18.5. The van der Waals surface area contributed by atoms with Gasteiger partial charge in [-0.25, -0.2) is 0 Å². The first-order valence-electron chi connectivity index (χ1n) is 22.7. The number of carboxylic acids is 1. The number of carboxylic acid groups (broad SMARTS) is 1. The number of rotatable bonds is 7. The molecule has 6 aliphatic rings. The summed E-state index contributed by atoms with van der Waals surface area (Å²) in [4.78, 5) is 12.5. The van der Waals surface area contributed by atoms with Gasteiger partial charge in [-0.15, -0.1) is 0 Å². The fourth-order valence-electron chi connectivity index (χ4n) is 14.5. The second kappa shape index (κ2) is 15.6. The molecule has 1 aromatic rings. The molecule has 0 heterocycles. The smallest absolute Gasteiger partial charge is 0.312 e. The lowest BCUT2D eigenvalue weighted by Gasteiger charge is -2.71. The van der Waals surface area contributed by atoms with Crippen molar-refractivity contribution in [3.05, 3.63) is 58.7 Å². The van der Waals surface area contributed by atoms with Gasteiger partial charge in [0, 0.05) is 11.5 Å². The molecule has 0 unspecified atom stereocenters. The Hall–Kier alpha value is -2.53. The van der Waals surface area contributed by atoms with E-state index in [-0.39, 0.29) is 45.5 Å². The minimum absolute atomic E-state index is 0.0194. The number of aryl methyl sites for hydroxylation is 1. The molecule has 5 heteroatoms. The van der Waals surface area contributed by atoms with E-state index in [0.29, 0.717) is 29.2 Å². The summed E-state index contributed by atoms with van der Waals surface area (Å²) in [7, 11) is 0. The van der Waals surface area contributed by atoms with Gasteiger partial charge in [0.25, 0.3) is 0 Å². The van der Waals surface area contributed by atoms with Crippen LogP contribution in [0.1, 0.15) is 176 Å². The van der Waals surface area contributed by atoms with Crippen molar-refractivity contribution in [3.63, 3.8) is 0 Å². The summed E-state index contributed by atoms with van der Waals surface area (Å²) in [5.74, 6) is 2.70. The van der Waals surface area contributed by atoms with Crippen molar-refractivity contribution in [2.45, 2.75) is 178 Å². The number of unbranched alkanes of at least 4 members (excludes halogenated alkanes) is 2. The maximum Gasteiger partial charge on any atom is 0.312 e. The first-order chi connectivity index (χ1) is 26.2. The van der Waals surface area contributed by atoms with E-state index in [1.807, 2.05) is 26.0 Å². The van der Waals surface area contributed by atoms with E-state index in [2.05, 4.69) is 74.1 Å². The maximum absolute atomic E-state index is 12.5. The molecule has 312 valence electrons. The molecule has 5 nitrogen and oxygen atoms in total. The molecule has 13 atom stereocenters.